The molecule has 3 aromatic rings. The van der Waals surface area contributed by atoms with Crippen LogP contribution in [0.1, 0.15) is 18.2 Å². The summed E-state index contributed by atoms with van der Waals surface area (Å²) < 4.78 is 7.06. The predicted octanol–water partition coefficient (Wildman–Crippen LogP) is 0.0647. The van der Waals surface area contributed by atoms with Crippen LogP contribution in [0.3, 0.4) is 0 Å². The van der Waals surface area contributed by atoms with Crippen molar-refractivity contribution in [1.29, 1.82) is 0 Å². The molecule has 3 heterocycles. The van der Waals surface area contributed by atoms with Crippen LogP contribution in [0.4, 0.5) is 11.8 Å². The van der Waals surface area contributed by atoms with Crippen LogP contribution < -0.4 is 11.1 Å². The molecule has 1 saturated heterocycles. The molecule has 29 heavy (non-hydrogen) atoms. The number of nitrogens with zero attached hydrogens (tertiary/aromatic N) is 4. The molecule has 0 radical (unpaired) electrons. The Bertz CT molecular complexity index is 966. The number of imidazole rings is 1. The van der Waals surface area contributed by atoms with Crippen LogP contribution in [0.25, 0.3) is 11.2 Å². The van der Waals surface area contributed by atoms with Gasteiger partial charge in [-0.2, -0.15) is 9.97 Å². The van der Waals surface area contributed by atoms with E-state index in [1.165, 1.54) is 16.5 Å². The highest BCUT2D eigenvalue weighted by atomic mass is 16.6. The van der Waals surface area contributed by atoms with Gasteiger partial charge in [0.25, 0.3) is 0 Å². The minimum Gasteiger partial charge on any atom is -0.394 e. The molecule has 1 aliphatic rings. The smallest absolute Gasteiger partial charge is 0.226 e. The average molecular weight is 400 g/mol. The number of nitrogens with two attached hydrogens (primary N) is 1. The van der Waals surface area contributed by atoms with Crippen molar-refractivity contribution in [1.82, 2.24) is 19.5 Å². The topological polar surface area (TPSA) is 152 Å². The van der Waals surface area contributed by atoms with Crippen molar-refractivity contribution in [3.8, 4) is 0 Å². The van der Waals surface area contributed by atoms with Crippen molar-refractivity contribution in [3.05, 3.63) is 42.2 Å². The van der Waals surface area contributed by atoms with Crippen LogP contribution in [0, 0.1) is 0 Å². The van der Waals surface area contributed by atoms with E-state index in [2.05, 4.69) is 32.4 Å². The number of aromatic nitrogens is 4. The second-order valence-corrected chi connectivity index (χ2v) is 7.00. The summed E-state index contributed by atoms with van der Waals surface area (Å²) in [7, 11) is 0. The summed E-state index contributed by atoms with van der Waals surface area (Å²) in [4.78, 5) is 12.9. The Morgan fingerprint density at radius 3 is 2.66 bits per heavy atom. The largest absolute Gasteiger partial charge is 0.394 e. The highest BCUT2D eigenvalue weighted by Gasteiger charge is 2.44. The number of hydrogen-bond acceptors (Lipinski definition) is 9. The van der Waals surface area contributed by atoms with Crippen molar-refractivity contribution in [3.63, 3.8) is 0 Å². The zero-order chi connectivity index (χ0) is 20.4. The SMILES string of the molecule is Nc1nc(NCCCc2ccccc2)nc2c1ncn2[C@@H]1O[C@H](CO)[C@@H](O)[C@H]1O. The Morgan fingerprint density at radius 2 is 1.93 bits per heavy atom. The highest BCUT2D eigenvalue weighted by Crippen LogP contribution is 2.32. The van der Waals surface area contributed by atoms with E-state index in [-0.39, 0.29) is 5.82 Å². The summed E-state index contributed by atoms with van der Waals surface area (Å²) in [5.41, 5.74) is 8.02. The third-order valence-corrected chi connectivity index (χ3v) is 5.01. The molecule has 0 unspecified atom stereocenters. The van der Waals surface area contributed by atoms with E-state index in [4.69, 9.17) is 10.5 Å². The van der Waals surface area contributed by atoms with E-state index in [1.54, 1.807) is 0 Å². The van der Waals surface area contributed by atoms with Gasteiger partial charge in [0.05, 0.1) is 12.9 Å². The summed E-state index contributed by atoms with van der Waals surface area (Å²) in [5.74, 6) is 0.544. The number of aliphatic hydroxyl groups excluding tert-OH is 3. The number of aryl methyl sites for hydroxylation is 1. The van der Waals surface area contributed by atoms with Crippen LogP contribution in [-0.2, 0) is 11.2 Å². The molecule has 154 valence electrons. The van der Waals surface area contributed by atoms with Crippen LogP contribution in [0.2, 0.25) is 0 Å². The number of rotatable bonds is 7. The van der Waals surface area contributed by atoms with Crippen molar-refractivity contribution in [2.45, 2.75) is 37.4 Å². The summed E-state index contributed by atoms with van der Waals surface area (Å²) in [6.07, 6.45) is -1.03. The minimum absolute atomic E-state index is 0.200. The van der Waals surface area contributed by atoms with Gasteiger partial charge in [-0.15, -0.1) is 0 Å². The van der Waals surface area contributed by atoms with Gasteiger partial charge in [0.1, 0.15) is 23.8 Å². The predicted molar refractivity (Wildman–Crippen MR) is 106 cm³/mol. The molecule has 0 aliphatic carbocycles. The van der Waals surface area contributed by atoms with Gasteiger partial charge in [0.2, 0.25) is 5.95 Å². The summed E-state index contributed by atoms with van der Waals surface area (Å²) in [6, 6.07) is 10.2. The number of benzene rings is 1. The minimum atomic E-state index is -1.23. The Hall–Kier alpha value is -2.79. The van der Waals surface area contributed by atoms with Crippen LogP contribution >= 0.6 is 0 Å². The maximum absolute atomic E-state index is 10.3. The number of hydrogen-bond donors (Lipinski definition) is 5. The fraction of sp³-hybridized carbons (Fsp3) is 0.421. The Morgan fingerprint density at radius 1 is 1.14 bits per heavy atom. The Labute approximate surface area is 167 Å². The number of fused-ring (bicyclic) bond motifs is 1. The van der Waals surface area contributed by atoms with E-state index < -0.39 is 31.1 Å². The fourth-order valence-corrected chi connectivity index (χ4v) is 3.45. The van der Waals surface area contributed by atoms with Crippen molar-refractivity contribution in [2.75, 3.05) is 24.2 Å². The van der Waals surface area contributed by atoms with Gasteiger partial charge in [-0.25, -0.2) is 4.98 Å². The first-order chi connectivity index (χ1) is 14.1. The summed E-state index contributed by atoms with van der Waals surface area (Å²) in [5, 5.41) is 32.7. The zero-order valence-corrected chi connectivity index (χ0v) is 15.7. The zero-order valence-electron chi connectivity index (χ0n) is 15.7. The maximum atomic E-state index is 10.3. The third kappa shape index (κ3) is 3.87. The standard InChI is InChI=1S/C19H24N6O4/c20-16-13-17(25(10-22-13)18-15(28)14(27)12(9-26)29-18)24-19(23-16)21-8-4-7-11-5-2-1-3-6-11/h1-3,5-6,10,12,14-15,18,26-28H,4,7-9H2,(H3,20,21,23,24)/t12-,14-,15-,18-/m1/s1. The van der Waals surface area contributed by atoms with Crippen LogP contribution in [0.15, 0.2) is 36.7 Å². The van der Waals surface area contributed by atoms with Crippen LogP contribution in [-0.4, -0.2) is 66.3 Å². The molecule has 0 saturated carbocycles. The van der Waals surface area contributed by atoms with Gasteiger partial charge in [0.15, 0.2) is 17.7 Å². The molecular weight excluding hydrogens is 376 g/mol. The molecule has 0 spiro atoms. The van der Waals surface area contributed by atoms with Crippen molar-refractivity contribution in [2.24, 2.45) is 0 Å². The first kappa shape index (κ1) is 19.5. The molecule has 1 aliphatic heterocycles. The first-order valence-corrected chi connectivity index (χ1v) is 9.48. The molecular formula is C19H24N6O4. The van der Waals surface area contributed by atoms with E-state index in [0.29, 0.717) is 23.7 Å². The van der Waals surface area contributed by atoms with Gasteiger partial charge in [-0.1, -0.05) is 30.3 Å². The molecule has 10 heteroatoms. The number of nitrogens with one attached hydrogen (secondary N) is 1. The molecule has 1 aromatic carbocycles. The first-order valence-electron chi connectivity index (χ1n) is 9.48. The molecule has 2 aromatic heterocycles. The van der Waals surface area contributed by atoms with Gasteiger partial charge in [-0.05, 0) is 18.4 Å². The lowest BCUT2D eigenvalue weighted by molar-refractivity contribution is -0.0511. The summed E-state index contributed by atoms with van der Waals surface area (Å²) >= 11 is 0. The monoisotopic (exact) mass is 400 g/mol. The third-order valence-electron chi connectivity index (χ3n) is 5.01. The molecule has 0 bridgehead atoms. The highest BCUT2D eigenvalue weighted by molar-refractivity contribution is 5.83. The molecule has 10 nitrogen and oxygen atoms in total. The Kier molecular flexibility index (Phi) is 5.58. The molecule has 0 amide bonds. The van der Waals surface area contributed by atoms with E-state index in [0.717, 1.165) is 12.8 Å². The van der Waals surface area contributed by atoms with Gasteiger partial charge < -0.3 is 31.1 Å². The number of anilines is 2. The lowest BCUT2D eigenvalue weighted by Crippen LogP contribution is -2.33. The molecule has 6 N–H and O–H groups in total. The Balaban J connectivity index is 1.49. The summed E-state index contributed by atoms with van der Waals surface area (Å²) in [6.45, 7) is 0.245. The second kappa shape index (κ2) is 8.29. The maximum Gasteiger partial charge on any atom is 0.226 e. The quantitative estimate of drug-likeness (QED) is 0.347. The second-order valence-electron chi connectivity index (χ2n) is 7.00. The lowest BCUT2D eigenvalue weighted by atomic mass is 10.1. The van der Waals surface area contributed by atoms with Gasteiger partial charge in [0, 0.05) is 6.54 Å². The van der Waals surface area contributed by atoms with E-state index in [1.807, 2.05) is 18.2 Å². The number of ether oxygens (including phenoxy) is 1. The van der Waals surface area contributed by atoms with Gasteiger partial charge >= 0.3 is 0 Å². The lowest BCUT2D eigenvalue weighted by Gasteiger charge is -2.16. The number of aliphatic hydroxyl groups is 3. The van der Waals surface area contributed by atoms with Crippen LogP contribution in [0.5, 0.6) is 0 Å². The number of nitrogen functional groups attached to an aromatic ring is 1. The van der Waals surface area contributed by atoms with Gasteiger partial charge in [-0.3, -0.25) is 4.57 Å². The fourth-order valence-electron chi connectivity index (χ4n) is 3.45. The van der Waals surface area contributed by atoms with E-state index >= 15 is 0 Å². The van der Waals surface area contributed by atoms with E-state index in [9.17, 15) is 15.3 Å². The molecule has 4 rings (SSSR count). The van der Waals surface area contributed by atoms with Crippen molar-refractivity contribution >= 4 is 22.9 Å². The van der Waals surface area contributed by atoms with Crippen molar-refractivity contribution < 1.29 is 20.1 Å². The molecule has 1 fully saturated rings. The molecule has 4 atom stereocenters. The normalized spacial score (nSPS) is 24.2. The average Bonchev–Trinajstić information content (AvgIpc) is 3.28.